The van der Waals surface area contributed by atoms with Crippen molar-refractivity contribution in [1.29, 1.82) is 0 Å². The molecule has 3 heteroatoms. The lowest BCUT2D eigenvalue weighted by Crippen LogP contribution is -2.04. The molecular weight excluding hydrogens is 190 g/mol. The largest absolute Gasteiger partial charge is 0.464 e. The minimum Gasteiger partial charge on any atom is -0.464 e. The lowest BCUT2D eigenvalue weighted by molar-refractivity contribution is 0.0594. The quantitative estimate of drug-likeness (QED) is 0.550. The number of ether oxygens (including phenoxy) is 1. The van der Waals surface area contributed by atoms with Crippen molar-refractivity contribution in [3.63, 3.8) is 0 Å². The summed E-state index contributed by atoms with van der Waals surface area (Å²) < 4.78 is 4.57. The second-order valence-corrected chi connectivity index (χ2v) is 3.50. The summed E-state index contributed by atoms with van der Waals surface area (Å²) in [5.74, 6) is -0.380. The number of methoxy groups -OCH3 is 1. The molecule has 82 valence electrons. The Bertz CT molecular complexity index is 306. The molecule has 0 spiro atoms. The molecule has 0 saturated heterocycles. The molecular formula is C12H17NO2. The van der Waals surface area contributed by atoms with Gasteiger partial charge in [-0.3, -0.25) is 0 Å². The first-order chi connectivity index (χ1) is 7.27. The van der Waals surface area contributed by atoms with Crippen LogP contribution < -0.4 is 0 Å². The molecule has 1 aromatic rings. The van der Waals surface area contributed by atoms with Gasteiger partial charge in [-0.15, -0.1) is 0 Å². The zero-order chi connectivity index (χ0) is 11.1. The predicted molar refractivity (Wildman–Crippen MR) is 58.8 cm³/mol. The number of nitrogens with zero attached hydrogens (tertiary/aromatic N) is 1. The fourth-order valence-corrected chi connectivity index (χ4v) is 1.38. The lowest BCUT2D eigenvalue weighted by atomic mass is 10.1. The normalized spacial score (nSPS) is 10.0. The van der Waals surface area contributed by atoms with Crippen molar-refractivity contribution in [2.75, 3.05) is 7.11 Å². The highest BCUT2D eigenvalue weighted by atomic mass is 16.5. The third kappa shape index (κ3) is 3.70. The minimum absolute atomic E-state index is 0.372. The number of carbonyl (C=O) groups is 1. The Kier molecular flexibility index (Phi) is 4.81. The molecule has 0 N–H and O–H groups in total. The van der Waals surface area contributed by atoms with E-state index >= 15 is 0 Å². The highest BCUT2D eigenvalue weighted by molar-refractivity contribution is 5.86. The van der Waals surface area contributed by atoms with Crippen LogP contribution in [0.4, 0.5) is 0 Å². The molecule has 0 bridgehead atoms. The van der Waals surface area contributed by atoms with E-state index < -0.39 is 0 Å². The first-order valence-electron chi connectivity index (χ1n) is 5.31. The number of aryl methyl sites for hydroxylation is 1. The van der Waals surface area contributed by atoms with Gasteiger partial charge >= 0.3 is 5.97 Å². The number of rotatable bonds is 5. The van der Waals surface area contributed by atoms with Crippen LogP contribution in [0.3, 0.4) is 0 Å². The minimum atomic E-state index is -0.380. The Labute approximate surface area is 90.5 Å². The molecule has 3 nitrogen and oxygen atoms in total. The Morgan fingerprint density at radius 3 is 2.73 bits per heavy atom. The standard InChI is InChI=1S/C12H17NO2/c1-3-4-5-6-10-7-8-11(13-9-10)12(14)15-2/h7-9H,3-6H2,1-2H3. The van der Waals surface area contributed by atoms with E-state index in [1.54, 1.807) is 12.3 Å². The third-order valence-corrected chi connectivity index (χ3v) is 2.29. The van der Waals surface area contributed by atoms with Gasteiger partial charge in [-0.2, -0.15) is 0 Å². The molecule has 0 aromatic carbocycles. The number of aromatic nitrogens is 1. The molecule has 0 saturated carbocycles. The summed E-state index contributed by atoms with van der Waals surface area (Å²) in [5.41, 5.74) is 1.55. The maximum atomic E-state index is 11.1. The van der Waals surface area contributed by atoms with E-state index in [9.17, 15) is 4.79 Å². The van der Waals surface area contributed by atoms with Gasteiger partial charge in [0, 0.05) is 6.20 Å². The molecule has 0 aliphatic carbocycles. The highest BCUT2D eigenvalue weighted by Crippen LogP contribution is 2.06. The summed E-state index contributed by atoms with van der Waals surface area (Å²) in [5, 5.41) is 0. The van der Waals surface area contributed by atoms with Gasteiger partial charge in [-0.25, -0.2) is 9.78 Å². The number of carbonyl (C=O) groups excluding carboxylic acids is 1. The van der Waals surface area contributed by atoms with Crippen LogP contribution in [0.5, 0.6) is 0 Å². The molecule has 0 aliphatic rings. The first kappa shape index (κ1) is 11.7. The van der Waals surface area contributed by atoms with E-state index in [1.165, 1.54) is 31.9 Å². The van der Waals surface area contributed by atoms with Crippen LogP contribution in [0, 0.1) is 0 Å². The summed E-state index contributed by atoms with van der Waals surface area (Å²) in [6, 6.07) is 3.65. The van der Waals surface area contributed by atoms with Gasteiger partial charge in [0.1, 0.15) is 5.69 Å². The Hall–Kier alpha value is -1.38. The molecule has 1 rings (SSSR count). The zero-order valence-electron chi connectivity index (χ0n) is 9.32. The fraction of sp³-hybridized carbons (Fsp3) is 0.500. The summed E-state index contributed by atoms with van der Waals surface area (Å²) in [7, 11) is 1.36. The van der Waals surface area contributed by atoms with Crippen molar-refractivity contribution >= 4 is 5.97 Å². The van der Waals surface area contributed by atoms with E-state index in [1.807, 2.05) is 6.07 Å². The first-order valence-corrected chi connectivity index (χ1v) is 5.31. The van der Waals surface area contributed by atoms with Crippen LogP contribution in [-0.2, 0) is 11.2 Å². The number of hydrogen-bond acceptors (Lipinski definition) is 3. The van der Waals surface area contributed by atoms with E-state index in [0.29, 0.717) is 5.69 Å². The van der Waals surface area contributed by atoms with Gasteiger partial charge in [0.25, 0.3) is 0 Å². The average molecular weight is 207 g/mol. The molecule has 1 heterocycles. The molecule has 1 aromatic heterocycles. The zero-order valence-corrected chi connectivity index (χ0v) is 9.32. The number of pyridine rings is 1. The molecule has 0 fully saturated rings. The van der Waals surface area contributed by atoms with Crippen molar-refractivity contribution in [3.8, 4) is 0 Å². The number of unbranched alkanes of at least 4 members (excludes halogenated alkanes) is 2. The maximum absolute atomic E-state index is 11.1. The van der Waals surface area contributed by atoms with E-state index in [0.717, 1.165) is 6.42 Å². The van der Waals surface area contributed by atoms with Gasteiger partial charge in [-0.1, -0.05) is 25.8 Å². The fourth-order valence-electron chi connectivity index (χ4n) is 1.38. The Morgan fingerprint density at radius 1 is 1.40 bits per heavy atom. The molecule has 0 amide bonds. The maximum Gasteiger partial charge on any atom is 0.356 e. The van der Waals surface area contributed by atoms with Crippen molar-refractivity contribution < 1.29 is 9.53 Å². The van der Waals surface area contributed by atoms with E-state index in [2.05, 4.69) is 16.6 Å². The summed E-state index contributed by atoms with van der Waals surface area (Å²) in [6.45, 7) is 2.18. The van der Waals surface area contributed by atoms with E-state index in [-0.39, 0.29) is 5.97 Å². The second-order valence-electron chi connectivity index (χ2n) is 3.50. The number of esters is 1. The van der Waals surface area contributed by atoms with E-state index in [4.69, 9.17) is 0 Å². The second kappa shape index (κ2) is 6.17. The summed E-state index contributed by atoms with van der Waals surface area (Å²) in [6.07, 6.45) is 6.41. The average Bonchev–Trinajstić information content (AvgIpc) is 2.29. The van der Waals surface area contributed by atoms with Crippen molar-refractivity contribution in [2.45, 2.75) is 32.6 Å². The van der Waals surface area contributed by atoms with Gasteiger partial charge < -0.3 is 4.74 Å². The Morgan fingerprint density at radius 2 is 2.20 bits per heavy atom. The molecule has 0 aliphatic heterocycles. The topological polar surface area (TPSA) is 39.2 Å². The predicted octanol–water partition coefficient (Wildman–Crippen LogP) is 2.60. The van der Waals surface area contributed by atoms with Crippen molar-refractivity contribution in [2.24, 2.45) is 0 Å². The number of hydrogen-bond donors (Lipinski definition) is 0. The van der Waals surface area contributed by atoms with Gasteiger partial charge in [0.15, 0.2) is 0 Å². The van der Waals surface area contributed by atoms with Crippen LogP contribution in [0.15, 0.2) is 18.3 Å². The Balaban J connectivity index is 2.52. The van der Waals surface area contributed by atoms with Crippen LogP contribution >= 0.6 is 0 Å². The third-order valence-electron chi connectivity index (χ3n) is 2.29. The van der Waals surface area contributed by atoms with Crippen LogP contribution in [0.25, 0.3) is 0 Å². The SMILES string of the molecule is CCCCCc1ccc(C(=O)OC)nc1. The smallest absolute Gasteiger partial charge is 0.356 e. The van der Waals surface area contributed by atoms with Gasteiger partial charge in [0.05, 0.1) is 7.11 Å². The van der Waals surface area contributed by atoms with Crippen LogP contribution in [0.2, 0.25) is 0 Å². The molecule has 15 heavy (non-hydrogen) atoms. The highest BCUT2D eigenvalue weighted by Gasteiger charge is 2.05. The molecule has 0 unspecified atom stereocenters. The molecule has 0 atom stereocenters. The van der Waals surface area contributed by atoms with Crippen molar-refractivity contribution in [1.82, 2.24) is 4.98 Å². The monoisotopic (exact) mass is 207 g/mol. The summed E-state index contributed by atoms with van der Waals surface area (Å²) >= 11 is 0. The summed E-state index contributed by atoms with van der Waals surface area (Å²) in [4.78, 5) is 15.2. The van der Waals surface area contributed by atoms with Gasteiger partial charge in [-0.05, 0) is 24.5 Å². The van der Waals surface area contributed by atoms with Crippen LogP contribution in [-0.4, -0.2) is 18.1 Å². The molecule has 0 radical (unpaired) electrons. The van der Waals surface area contributed by atoms with Crippen LogP contribution in [0.1, 0.15) is 42.2 Å². The lowest BCUT2D eigenvalue weighted by Gasteiger charge is -2.01. The van der Waals surface area contributed by atoms with Crippen molar-refractivity contribution in [3.05, 3.63) is 29.6 Å². The van der Waals surface area contributed by atoms with Gasteiger partial charge in [0.2, 0.25) is 0 Å².